The average molecular weight is 285 g/mol. The van der Waals surface area contributed by atoms with E-state index in [2.05, 4.69) is 43.8 Å². The highest BCUT2D eigenvalue weighted by atomic mass is 28.3. The first-order chi connectivity index (χ1) is 8.27. The second-order valence-electron chi connectivity index (χ2n) is 6.98. The van der Waals surface area contributed by atoms with Gasteiger partial charge < -0.3 is 5.11 Å². The molecule has 0 aromatic heterocycles. The Kier molecular flexibility index (Phi) is 8.93. The van der Waals surface area contributed by atoms with Crippen molar-refractivity contribution in [2.75, 3.05) is 6.61 Å². The molecule has 0 bridgehead atoms. The Labute approximate surface area is 116 Å². The van der Waals surface area contributed by atoms with Gasteiger partial charge in [0.05, 0.1) is 0 Å². The third-order valence-electron chi connectivity index (χ3n) is 2.99. The van der Waals surface area contributed by atoms with Crippen LogP contribution in [0.25, 0.3) is 0 Å². The topological polar surface area (TPSA) is 20.2 Å². The zero-order valence-electron chi connectivity index (χ0n) is 13.1. The second kappa shape index (κ2) is 8.95. The van der Waals surface area contributed by atoms with E-state index in [1.807, 2.05) is 0 Å². The van der Waals surface area contributed by atoms with Crippen LogP contribution in [-0.4, -0.2) is 27.9 Å². The van der Waals surface area contributed by atoms with Gasteiger partial charge in [-0.15, -0.1) is 11.1 Å². The van der Waals surface area contributed by atoms with Gasteiger partial charge in [-0.3, -0.25) is 0 Å². The lowest BCUT2D eigenvalue weighted by Gasteiger charge is -2.16. The van der Waals surface area contributed by atoms with E-state index in [9.17, 15) is 0 Å². The Hall–Kier alpha value is -0.0462. The summed E-state index contributed by atoms with van der Waals surface area (Å²) in [5, 5.41) is 8.69. The number of hydrogen-bond donors (Lipinski definition) is 1. The maximum absolute atomic E-state index is 8.69. The molecule has 0 rings (SSSR count). The lowest BCUT2D eigenvalue weighted by molar-refractivity contribution is 0.282. The monoisotopic (exact) mass is 284 g/mol. The van der Waals surface area contributed by atoms with Crippen molar-refractivity contribution in [1.29, 1.82) is 0 Å². The summed E-state index contributed by atoms with van der Waals surface area (Å²) in [6.07, 6.45) is 7.46. The Morgan fingerprint density at radius 2 is 1.22 bits per heavy atom. The zero-order chi connectivity index (χ0) is 14.1. The van der Waals surface area contributed by atoms with Crippen molar-refractivity contribution >= 4 is 16.1 Å². The number of unbranched alkanes of at least 4 members (excludes halogenated alkanes) is 5. The Bertz CT molecular complexity index is 268. The van der Waals surface area contributed by atoms with Crippen molar-refractivity contribution in [3.8, 4) is 11.1 Å². The highest BCUT2D eigenvalue weighted by Gasteiger charge is 2.18. The molecule has 0 aromatic carbocycles. The molecule has 0 heterocycles. The zero-order valence-corrected chi connectivity index (χ0v) is 15.1. The van der Waals surface area contributed by atoms with Crippen molar-refractivity contribution in [2.24, 2.45) is 0 Å². The largest absolute Gasteiger partial charge is 0.396 e. The van der Waals surface area contributed by atoms with Gasteiger partial charge in [-0.05, 0) is 12.5 Å². The van der Waals surface area contributed by atoms with Gasteiger partial charge in [0, 0.05) is 6.61 Å². The minimum atomic E-state index is -1.25. The fourth-order valence-corrected chi connectivity index (χ4v) is 5.92. The van der Waals surface area contributed by atoms with Crippen LogP contribution in [0.15, 0.2) is 0 Å². The summed E-state index contributed by atoms with van der Waals surface area (Å²) in [5.74, 6) is 0. The second-order valence-corrected chi connectivity index (χ2v) is 16.2. The van der Waals surface area contributed by atoms with E-state index in [4.69, 9.17) is 5.11 Å². The van der Waals surface area contributed by atoms with Gasteiger partial charge in [0.2, 0.25) is 0 Å². The van der Waals surface area contributed by atoms with Gasteiger partial charge in [0.25, 0.3) is 0 Å². The molecule has 3 heteroatoms. The smallest absolute Gasteiger partial charge is 0.131 e. The standard InChI is InChI=1S/C15H32OSi2/c1-17(2,3)14-15-18(4,5)13-11-9-7-6-8-10-12-16/h16H,6-13H2,1-5H3. The predicted molar refractivity (Wildman–Crippen MR) is 88.2 cm³/mol. The number of hydrogen-bond acceptors (Lipinski definition) is 1. The maximum Gasteiger partial charge on any atom is 0.131 e. The van der Waals surface area contributed by atoms with Crippen LogP contribution in [0.4, 0.5) is 0 Å². The molecule has 0 spiro atoms. The van der Waals surface area contributed by atoms with Gasteiger partial charge in [0.1, 0.15) is 16.1 Å². The SMILES string of the molecule is C[Si](C)(C)C#C[Si](C)(C)CCCCCCCCO. The molecule has 0 unspecified atom stereocenters. The van der Waals surface area contributed by atoms with Crippen LogP contribution < -0.4 is 0 Å². The molecule has 0 amide bonds. The number of aliphatic hydroxyl groups excluding tert-OH is 1. The van der Waals surface area contributed by atoms with E-state index in [0.29, 0.717) is 6.61 Å². The third-order valence-corrected chi connectivity index (χ3v) is 6.52. The van der Waals surface area contributed by atoms with Gasteiger partial charge in [-0.1, -0.05) is 64.8 Å². The fraction of sp³-hybridized carbons (Fsp3) is 0.867. The summed E-state index contributed by atoms with van der Waals surface area (Å²) < 4.78 is 0. The molecule has 0 aliphatic rings. The molecule has 18 heavy (non-hydrogen) atoms. The molecule has 0 aliphatic heterocycles. The highest BCUT2D eigenvalue weighted by molar-refractivity contribution is 6.89. The van der Waals surface area contributed by atoms with Crippen molar-refractivity contribution in [3.63, 3.8) is 0 Å². The molecular formula is C15H32OSi2. The van der Waals surface area contributed by atoms with Crippen LogP contribution in [-0.2, 0) is 0 Å². The van der Waals surface area contributed by atoms with E-state index in [1.54, 1.807) is 0 Å². The molecule has 106 valence electrons. The molecule has 1 N–H and O–H groups in total. The quantitative estimate of drug-likeness (QED) is 0.397. The van der Waals surface area contributed by atoms with E-state index in [0.717, 1.165) is 6.42 Å². The lowest BCUT2D eigenvalue weighted by atomic mass is 10.1. The molecule has 0 saturated carbocycles. The minimum Gasteiger partial charge on any atom is -0.396 e. The van der Waals surface area contributed by atoms with Crippen LogP contribution >= 0.6 is 0 Å². The Morgan fingerprint density at radius 3 is 1.72 bits per heavy atom. The minimum absolute atomic E-state index is 0.353. The third kappa shape index (κ3) is 12.4. The maximum atomic E-state index is 8.69. The fourth-order valence-electron chi connectivity index (χ4n) is 1.81. The van der Waals surface area contributed by atoms with Crippen LogP contribution in [0, 0.1) is 11.1 Å². The molecule has 0 fully saturated rings. The average Bonchev–Trinajstić information content (AvgIpc) is 2.25. The highest BCUT2D eigenvalue weighted by Crippen LogP contribution is 2.15. The van der Waals surface area contributed by atoms with Crippen molar-refractivity contribution in [2.45, 2.75) is 77.3 Å². The van der Waals surface area contributed by atoms with E-state index in [-0.39, 0.29) is 0 Å². The molecule has 0 aliphatic carbocycles. The Morgan fingerprint density at radius 1 is 0.722 bits per heavy atom. The van der Waals surface area contributed by atoms with Gasteiger partial charge in [0.15, 0.2) is 0 Å². The van der Waals surface area contributed by atoms with E-state index in [1.165, 1.54) is 38.1 Å². The van der Waals surface area contributed by atoms with Crippen LogP contribution in [0.5, 0.6) is 0 Å². The van der Waals surface area contributed by atoms with Gasteiger partial charge >= 0.3 is 0 Å². The van der Waals surface area contributed by atoms with Gasteiger partial charge in [-0.25, -0.2) is 0 Å². The molecule has 1 nitrogen and oxygen atoms in total. The number of rotatable bonds is 8. The van der Waals surface area contributed by atoms with Crippen LogP contribution in [0.2, 0.25) is 38.8 Å². The summed E-state index contributed by atoms with van der Waals surface area (Å²) in [6, 6.07) is 1.35. The summed E-state index contributed by atoms with van der Waals surface area (Å²) in [7, 11) is -2.44. The molecule has 0 radical (unpaired) electrons. The predicted octanol–water partition coefficient (Wildman–Crippen LogP) is 4.45. The van der Waals surface area contributed by atoms with Crippen LogP contribution in [0.1, 0.15) is 38.5 Å². The van der Waals surface area contributed by atoms with Crippen molar-refractivity contribution in [1.82, 2.24) is 0 Å². The van der Waals surface area contributed by atoms with E-state index < -0.39 is 16.1 Å². The van der Waals surface area contributed by atoms with Gasteiger partial charge in [-0.2, -0.15) is 0 Å². The summed E-state index contributed by atoms with van der Waals surface area (Å²) in [5.41, 5.74) is 7.18. The Balaban J connectivity index is 3.73. The lowest BCUT2D eigenvalue weighted by Crippen LogP contribution is -2.26. The van der Waals surface area contributed by atoms with E-state index >= 15 is 0 Å². The van der Waals surface area contributed by atoms with Crippen molar-refractivity contribution < 1.29 is 5.11 Å². The number of aliphatic hydroxyl groups is 1. The molecular weight excluding hydrogens is 252 g/mol. The first kappa shape index (κ1) is 18.0. The first-order valence-corrected chi connectivity index (χ1v) is 14.1. The summed E-state index contributed by atoms with van der Waals surface area (Å²) in [6.45, 7) is 12.1. The summed E-state index contributed by atoms with van der Waals surface area (Å²) >= 11 is 0. The molecule has 0 aromatic rings. The van der Waals surface area contributed by atoms with Crippen LogP contribution in [0.3, 0.4) is 0 Å². The summed E-state index contributed by atoms with van der Waals surface area (Å²) in [4.78, 5) is 0. The first-order valence-electron chi connectivity index (χ1n) is 7.42. The molecule has 0 saturated heterocycles. The molecule has 0 atom stereocenters. The normalized spacial score (nSPS) is 12.1. The van der Waals surface area contributed by atoms with Crippen molar-refractivity contribution in [3.05, 3.63) is 0 Å².